The van der Waals surface area contributed by atoms with Crippen LogP contribution in [0.5, 0.6) is 0 Å². The summed E-state index contributed by atoms with van der Waals surface area (Å²) in [5.41, 5.74) is 1.44. The van der Waals surface area contributed by atoms with Crippen LogP contribution in [-0.4, -0.2) is 26.2 Å². The number of likely N-dealkylation sites (N-methyl/N-ethyl adjacent to an activating group) is 1. The van der Waals surface area contributed by atoms with Gasteiger partial charge in [-0.3, -0.25) is 0 Å². The van der Waals surface area contributed by atoms with E-state index in [-0.39, 0.29) is 0 Å². The van der Waals surface area contributed by atoms with Crippen LogP contribution < -0.4 is 10.6 Å². The summed E-state index contributed by atoms with van der Waals surface area (Å²) >= 11 is 0. The second-order valence-electron chi connectivity index (χ2n) is 3.91. The van der Waals surface area contributed by atoms with Crippen LogP contribution in [0.25, 0.3) is 0 Å². The minimum Gasteiger partial charge on any atom is -0.316 e. The van der Waals surface area contributed by atoms with Crippen molar-refractivity contribution in [2.24, 2.45) is 0 Å². The molecule has 1 heterocycles. The highest BCUT2D eigenvalue weighted by atomic mass is 15.0. The Balaban J connectivity index is 2.15. The minimum atomic E-state index is 0.620. The summed E-state index contributed by atoms with van der Waals surface area (Å²) in [6.45, 7) is 2.23. The zero-order chi connectivity index (χ0) is 9.80. The van der Waals surface area contributed by atoms with Gasteiger partial charge in [-0.15, -0.1) is 0 Å². The van der Waals surface area contributed by atoms with Crippen LogP contribution in [0.15, 0.2) is 30.3 Å². The first-order valence-electron chi connectivity index (χ1n) is 5.34. The molecule has 0 saturated carbocycles. The number of hydrogen-bond acceptors (Lipinski definition) is 2. The summed E-state index contributed by atoms with van der Waals surface area (Å²) in [4.78, 5) is 0. The van der Waals surface area contributed by atoms with E-state index in [9.17, 15) is 0 Å². The molecule has 2 N–H and O–H groups in total. The Morgan fingerprint density at radius 3 is 2.79 bits per heavy atom. The third kappa shape index (κ3) is 1.97. The Bertz CT molecular complexity index is 271. The predicted octanol–water partition coefficient (Wildman–Crippen LogP) is 1.35. The van der Waals surface area contributed by atoms with Gasteiger partial charge in [0.15, 0.2) is 0 Å². The van der Waals surface area contributed by atoms with E-state index < -0.39 is 0 Å². The van der Waals surface area contributed by atoms with Gasteiger partial charge in [0.1, 0.15) is 0 Å². The number of rotatable bonds is 2. The normalized spacial score (nSPS) is 27.5. The Morgan fingerprint density at radius 2 is 2.07 bits per heavy atom. The van der Waals surface area contributed by atoms with Crippen molar-refractivity contribution in [2.45, 2.75) is 18.4 Å². The maximum absolute atomic E-state index is 3.46. The van der Waals surface area contributed by atoms with Crippen LogP contribution in [0.2, 0.25) is 0 Å². The summed E-state index contributed by atoms with van der Waals surface area (Å²) in [6, 6.07) is 11.4. The number of nitrogens with one attached hydrogen (secondary N) is 2. The van der Waals surface area contributed by atoms with Crippen LogP contribution in [0, 0.1) is 0 Å². The Labute approximate surface area is 85.7 Å². The Morgan fingerprint density at radius 1 is 1.29 bits per heavy atom. The molecule has 1 aromatic carbocycles. The van der Waals surface area contributed by atoms with Crippen LogP contribution in [-0.2, 0) is 0 Å². The fourth-order valence-electron chi connectivity index (χ4n) is 2.25. The third-order valence-corrected chi connectivity index (χ3v) is 3.08. The fraction of sp³-hybridized carbons (Fsp3) is 0.500. The lowest BCUT2D eigenvalue weighted by molar-refractivity contribution is 0.360. The zero-order valence-corrected chi connectivity index (χ0v) is 8.66. The second kappa shape index (κ2) is 4.58. The smallest absolute Gasteiger partial charge is 0.0157 e. The molecular weight excluding hydrogens is 172 g/mol. The molecule has 0 aromatic heterocycles. The topological polar surface area (TPSA) is 24.1 Å². The van der Waals surface area contributed by atoms with Crippen molar-refractivity contribution in [1.29, 1.82) is 0 Å². The van der Waals surface area contributed by atoms with E-state index in [4.69, 9.17) is 0 Å². The van der Waals surface area contributed by atoms with Crippen molar-refractivity contribution in [2.75, 3.05) is 20.1 Å². The minimum absolute atomic E-state index is 0.620. The molecule has 0 aliphatic carbocycles. The van der Waals surface area contributed by atoms with Crippen molar-refractivity contribution >= 4 is 0 Å². The van der Waals surface area contributed by atoms with Crippen molar-refractivity contribution in [1.82, 2.24) is 10.6 Å². The van der Waals surface area contributed by atoms with Gasteiger partial charge in [0.25, 0.3) is 0 Å². The SMILES string of the molecule is CN[C@H]1CCNC[C@H]1c1ccccc1. The van der Waals surface area contributed by atoms with Crippen molar-refractivity contribution < 1.29 is 0 Å². The molecule has 2 atom stereocenters. The fourth-order valence-corrected chi connectivity index (χ4v) is 2.25. The standard InChI is InChI=1S/C12H18N2/c1-13-12-7-8-14-9-11(12)10-5-3-2-4-6-10/h2-6,11-14H,7-9H2,1H3/t11-,12-/m0/s1. The Kier molecular flexibility index (Phi) is 3.17. The van der Waals surface area contributed by atoms with Crippen LogP contribution in [0.3, 0.4) is 0 Å². The summed E-state index contributed by atoms with van der Waals surface area (Å²) in [6.07, 6.45) is 1.22. The summed E-state index contributed by atoms with van der Waals surface area (Å²) in [7, 11) is 2.06. The van der Waals surface area contributed by atoms with E-state index in [0.717, 1.165) is 13.1 Å². The van der Waals surface area contributed by atoms with Gasteiger partial charge < -0.3 is 10.6 Å². The van der Waals surface area contributed by atoms with Crippen LogP contribution in [0.4, 0.5) is 0 Å². The predicted molar refractivity (Wildman–Crippen MR) is 59.5 cm³/mol. The molecule has 2 nitrogen and oxygen atoms in total. The monoisotopic (exact) mass is 190 g/mol. The molecule has 1 fully saturated rings. The van der Waals surface area contributed by atoms with E-state index in [1.54, 1.807) is 0 Å². The highest BCUT2D eigenvalue weighted by molar-refractivity contribution is 5.22. The molecular formula is C12H18N2. The van der Waals surface area contributed by atoms with Gasteiger partial charge in [-0.05, 0) is 25.6 Å². The lowest BCUT2D eigenvalue weighted by Gasteiger charge is -2.32. The van der Waals surface area contributed by atoms with Crippen molar-refractivity contribution in [3.05, 3.63) is 35.9 Å². The second-order valence-corrected chi connectivity index (χ2v) is 3.91. The lowest BCUT2D eigenvalue weighted by atomic mass is 9.87. The van der Waals surface area contributed by atoms with E-state index in [2.05, 4.69) is 48.0 Å². The number of hydrogen-bond donors (Lipinski definition) is 2. The van der Waals surface area contributed by atoms with Crippen LogP contribution >= 0.6 is 0 Å². The average molecular weight is 190 g/mol. The van der Waals surface area contributed by atoms with E-state index >= 15 is 0 Å². The molecule has 2 rings (SSSR count). The molecule has 0 bridgehead atoms. The van der Waals surface area contributed by atoms with Gasteiger partial charge in [0.2, 0.25) is 0 Å². The van der Waals surface area contributed by atoms with E-state index in [1.165, 1.54) is 12.0 Å². The largest absolute Gasteiger partial charge is 0.316 e. The Hall–Kier alpha value is -0.860. The van der Waals surface area contributed by atoms with Crippen LogP contribution in [0.1, 0.15) is 17.9 Å². The van der Waals surface area contributed by atoms with Crippen molar-refractivity contribution in [3.8, 4) is 0 Å². The van der Waals surface area contributed by atoms with Gasteiger partial charge in [0.05, 0.1) is 0 Å². The lowest BCUT2D eigenvalue weighted by Crippen LogP contribution is -2.44. The number of benzene rings is 1. The molecule has 0 radical (unpaired) electrons. The first-order chi connectivity index (χ1) is 6.92. The molecule has 2 heteroatoms. The zero-order valence-electron chi connectivity index (χ0n) is 8.66. The maximum atomic E-state index is 3.46. The van der Waals surface area contributed by atoms with Gasteiger partial charge >= 0.3 is 0 Å². The van der Waals surface area contributed by atoms with Gasteiger partial charge in [-0.1, -0.05) is 30.3 Å². The third-order valence-electron chi connectivity index (χ3n) is 3.08. The molecule has 1 aromatic rings. The highest BCUT2D eigenvalue weighted by Crippen LogP contribution is 2.22. The molecule has 0 spiro atoms. The highest BCUT2D eigenvalue weighted by Gasteiger charge is 2.24. The summed E-state index contributed by atoms with van der Waals surface area (Å²) < 4.78 is 0. The van der Waals surface area contributed by atoms with Gasteiger partial charge in [-0.25, -0.2) is 0 Å². The van der Waals surface area contributed by atoms with Crippen molar-refractivity contribution in [3.63, 3.8) is 0 Å². The van der Waals surface area contributed by atoms with Gasteiger partial charge in [0, 0.05) is 18.5 Å². The summed E-state index contributed by atoms with van der Waals surface area (Å²) in [5.74, 6) is 0.620. The molecule has 1 aliphatic heterocycles. The maximum Gasteiger partial charge on any atom is 0.0157 e. The first kappa shape index (κ1) is 9.69. The molecule has 0 unspecified atom stereocenters. The first-order valence-corrected chi connectivity index (χ1v) is 5.34. The molecule has 1 aliphatic rings. The van der Waals surface area contributed by atoms with E-state index in [1.807, 2.05) is 0 Å². The van der Waals surface area contributed by atoms with Gasteiger partial charge in [-0.2, -0.15) is 0 Å². The average Bonchev–Trinajstić information content (AvgIpc) is 2.30. The quantitative estimate of drug-likeness (QED) is 0.735. The molecule has 1 saturated heterocycles. The molecule has 14 heavy (non-hydrogen) atoms. The molecule has 76 valence electrons. The summed E-state index contributed by atoms with van der Waals surface area (Å²) in [5, 5.41) is 6.87. The van der Waals surface area contributed by atoms with E-state index in [0.29, 0.717) is 12.0 Å². The molecule has 0 amide bonds. The number of piperidine rings is 1.